The molecule has 1 N–H and O–H groups in total. The second kappa shape index (κ2) is 4.57. The lowest BCUT2D eigenvalue weighted by Gasteiger charge is -2.18. The summed E-state index contributed by atoms with van der Waals surface area (Å²) in [5.74, 6) is -0.543. The summed E-state index contributed by atoms with van der Waals surface area (Å²) in [5.41, 5.74) is -1.00. The Kier molecular flexibility index (Phi) is 3.55. The zero-order valence-electron chi connectivity index (χ0n) is 10.4. The molecule has 1 aromatic rings. The first kappa shape index (κ1) is 13.2. The molecule has 0 saturated heterocycles. The average Bonchev–Trinajstić information content (AvgIpc) is 2.19. The lowest BCUT2D eigenvalue weighted by atomic mass is 9.89. The number of methoxy groups -OCH3 is 1. The van der Waals surface area contributed by atoms with Gasteiger partial charge in [0.25, 0.3) is 5.56 Å². The van der Waals surface area contributed by atoms with Crippen LogP contribution in [0.1, 0.15) is 26.3 Å². The van der Waals surface area contributed by atoms with E-state index in [1.54, 1.807) is 0 Å². The number of carbonyl (C=O) groups is 1. The monoisotopic (exact) mass is 240 g/mol. The summed E-state index contributed by atoms with van der Waals surface area (Å²) in [5, 5.41) is 0. The highest BCUT2D eigenvalue weighted by Crippen LogP contribution is 2.16. The van der Waals surface area contributed by atoms with Crippen LogP contribution in [0.4, 0.5) is 0 Å². The first-order valence-corrected chi connectivity index (χ1v) is 5.17. The van der Waals surface area contributed by atoms with Crippen LogP contribution in [0.5, 0.6) is 0 Å². The minimum Gasteiger partial charge on any atom is -0.468 e. The molecule has 0 atom stereocenters. The molecule has 0 aliphatic carbocycles. The van der Waals surface area contributed by atoms with Gasteiger partial charge < -0.3 is 4.74 Å². The van der Waals surface area contributed by atoms with E-state index in [1.165, 1.54) is 13.3 Å². The van der Waals surface area contributed by atoms with E-state index >= 15 is 0 Å². The molecule has 1 heterocycles. The normalized spacial score (nSPS) is 11.3. The maximum atomic E-state index is 11.6. The van der Waals surface area contributed by atoms with Crippen molar-refractivity contribution in [3.63, 3.8) is 0 Å². The molecule has 0 aliphatic rings. The number of nitrogens with one attached hydrogen (secondary N) is 1. The van der Waals surface area contributed by atoms with E-state index < -0.39 is 22.6 Å². The van der Waals surface area contributed by atoms with Crippen molar-refractivity contribution in [2.45, 2.75) is 32.7 Å². The maximum absolute atomic E-state index is 11.6. The Morgan fingerprint density at radius 1 is 1.41 bits per heavy atom. The van der Waals surface area contributed by atoms with Crippen LogP contribution in [0, 0.1) is 0 Å². The number of H-pyrrole nitrogens is 1. The minimum atomic E-state index is -0.617. The molecule has 6 heteroatoms. The smallest absolute Gasteiger partial charge is 0.328 e. The van der Waals surface area contributed by atoms with Gasteiger partial charge >= 0.3 is 11.7 Å². The lowest BCUT2D eigenvalue weighted by molar-refractivity contribution is -0.141. The van der Waals surface area contributed by atoms with Crippen LogP contribution in [0.15, 0.2) is 15.8 Å². The number of nitrogens with zero attached hydrogens (tertiary/aromatic N) is 1. The SMILES string of the molecule is COC(=O)Cn1cc(C(C)(C)C)c(=O)[nH]c1=O. The predicted octanol–water partition coefficient (Wildman–Crippen LogP) is 0.00710. The van der Waals surface area contributed by atoms with Gasteiger partial charge in [-0.1, -0.05) is 20.8 Å². The Balaban J connectivity index is 3.30. The fourth-order valence-corrected chi connectivity index (χ4v) is 1.36. The van der Waals surface area contributed by atoms with Gasteiger partial charge in [-0.25, -0.2) is 4.79 Å². The van der Waals surface area contributed by atoms with Crippen molar-refractivity contribution in [1.82, 2.24) is 9.55 Å². The van der Waals surface area contributed by atoms with Crippen LogP contribution in [0.2, 0.25) is 0 Å². The van der Waals surface area contributed by atoms with Gasteiger partial charge in [-0.3, -0.25) is 19.1 Å². The molecule has 94 valence electrons. The third-order valence-corrected chi connectivity index (χ3v) is 2.35. The van der Waals surface area contributed by atoms with Gasteiger partial charge in [0.1, 0.15) is 6.54 Å². The largest absolute Gasteiger partial charge is 0.468 e. The molecule has 0 fully saturated rings. The molecule has 0 unspecified atom stereocenters. The molecule has 0 aliphatic heterocycles. The Labute approximate surface area is 98.2 Å². The van der Waals surface area contributed by atoms with Gasteiger partial charge in [-0.15, -0.1) is 0 Å². The van der Waals surface area contributed by atoms with E-state index in [2.05, 4.69) is 9.72 Å². The van der Waals surface area contributed by atoms with Crippen molar-refractivity contribution < 1.29 is 9.53 Å². The number of aromatic nitrogens is 2. The fraction of sp³-hybridized carbons (Fsp3) is 0.545. The van der Waals surface area contributed by atoms with Crippen molar-refractivity contribution in [1.29, 1.82) is 0 Å². The first-order valence-electron chi connectivity index (χ1n) is 5.17. The highest BCUT2D eigenvalue weighted by atomic mass is 16.5. The van der Waals surface area contributed by atoms with Gasteiger partial charge in [0.05, 0.1) is 7.11 Å². The molecule has 0 spiro atoms. The van der Waals surface area contributed by atoms with Gasteiger partial charge in [0, 0.05) is 11.8 Å². The molecule has 0 aromatic carbocycles. The fourth-order valence-electron chi connectivity index (χ4n) is 1.36. The van der Waals surface area contributed by atoms with E-state index in [4.69, 9.17) is 0 Å². The predicted molar refractivity (Wildman–Crippen MR) is 62.0 cm³/mol. The van der Waals surface area contributed by atoms with Crippen LogP contribution in [-0.2, 0) is 21.5 Å². The minimum absolute atomic E-state index is 0.213. The summed E-state index contributed by atoms with van der Waals surface area (Å²) < 4.78 is 5.61. The molecule has 1 rings (SSSR count). The Morgan fingerprint density at radius 2 is 2.00 bits per heavy atom. The van der Waals surface area contributed by atoms with Crippen molar-refractivity contribution in [3.8, 4) is 0 Å². The third-order valence-electron chi connectivity index (χ3n) is 2.35. The Morgan fingerprint density at radius 3 is 2.47 bits per heavy atom. The van der Waals surface area contributed by atoms with Gasteiger partial charge in [-0.2, -0.15) is 0 Å². The number of hydrogen-bond acceptors (Lipinski definition) is 4. The summed E-state index contributed by atoms with van der Waals surface area (Å²) in [4.78, 5) is 36.4. The third kappa shape index (κ3) is 3.05. The topological polar surface area (TPSA) is 81.2 Å². The molecule has 17 heavy (non-hydrogen) atoms. The number of esters is 1. The van der Waals surface area contributed by atoms with Crippen LogP contribution in [0.3, 0.4) is 0 Å². The van der Waals surface area contributed by atoms with Crippen molar-refractivity contribution >= 4 is 5.97 Å². The molecule has 0 saturated carbocycles. The number of ether oxygens (including phenoxy) is 1. The van der Waals surface area contributed by atoms with Gasteiger partial charge in [0.2, 0.25) is 0 Å². The summed E-state index contributed by atoms with van der Waals surface area (Å²) in [6.45, 7) is 5.34. The van der Waals surface area contributed by atoms with E-state index in [-0.39, 0.29) is 6.54 Å². The molecule has 1 aromatic heterocycles. The average molecular weight is 240 g/mol. The van der Waals surface area contributed by atoms with E-state index in [1.807, 2.05) is 20.8 Å². The molecular formula is C11H16N2O4. The van der Waals surface area contributed by atoms with Crippen LogP contribution in [0.25, 0.3) is 0 Å². The van der Waals surface area contributed by atoms with Crippen molar-refractivity contribution in [2.75, 3.05) is 7.11 Å². The van der Waals surface area contributed by atoms with Crippen molar-refractivity contribution in [2.24, 2.45) is 0 Å². The number of aromatic amines is 1. The Bertz CT molecular complexity index is 534. The number of rotatable bonds is 2. The summed E-state index contributed by atoms with van der Waals surface area (Å²) in [6, 6.07) is 0. The van der Waals surface area contributed by atoms with E-state index in [0.29, 0.717) is 5.56 Å². The zero-order valence-corrected chi connectivity index (χ0v) is 10.4. The zero-order chi connectivity index (χ0) is 13.2. The number of hydrogen-bond donors (Lipinski definition) is 1. The quantitative estimate of drug-likeness (QED) is 0.738. The maximum Gasteiger partial charge on any atom is 0.328 e. The summed E-state index contributed by atoms with van der Waals surface area (Å²) in [6.07, 6.45) is 1.40. The van der Waals surface area contributed by atoms with Crippen LogP contribution < -0.4 is 11.2 Å². The van der Waals surface area contributed by atoms with Crippen LogP contribution in [-0.4, -0.2) is 22.6 Å². The van der Waals surface area contributed by atoms with Gasteiger partial charge in [0.15, 0.2) is 0 Å². The van der Waals surface area contributed by atoms with E-state index in [0.717, 1.165) is 4.57 Å². The summed E-state index contributed by atoms with van der Waals surface area (Å²) >= 11 is 0. The van der Waals surface area contributed by atoms with Gasteiger partial charge in [-0.05, 0) is 5.41 Å². The lowest BCUT2D eigenvalue weighted by Crippen LogP contribution is -2.37. The first-order chi connectivity index (χ1) is 7.75. The molecule has 0 radical (unpaired) electrons. The number of carbonyl (C=O) groups excluding carboxylic acids is 1. The second-order valence-electron chi connectivity index (χ2n) is 4.76. The molecule has 0 bridgehead atoms. The molecular weight excluding hydrogens is 224 g/mol. The highest BCUT2D eigenvalue weighted by molar-refractivity contribution is 5.68. The highest BCUT2D eigenvalue weighted by Gasteiger charge is 2.19. The van der Waals surface area contributed by atoms with E-state index in [9.17, 15) is 14.4 Å². The van der Waals surface area contributed by atoms with Crippen LogP contribution >= 0.6 is 0 Å². The molecule has 6 nitrogen and oxygen atoms in total. The van der Waals surface area contributed by atoms with Crippen molar-refractivity contribution in [3.05, 3.63) is 32.6 Å². The molecule has 0 amide bonds. The summed E-state index contributed by atoms with van der Waals surface area (Å²) in [7, 11) is 1.24. The standard InChI is InChI=1S/C11H16N2O4/c1-11(2,3)7-5-13(6-8(14)17-4)10(16)12-9(7)15/h5H,6H2,1-4H3,(H,12,15,16). The second-order valence-corrected chi connectivity index (χ2v) is 4.76. The Hall–Kier alpha value is -1.85.